The minimum atomic E-state index is -1.39. The van der Waals surface area contributed by atoms with E-state index in [1.165, 1.54) is 0 Å². The van der Waals surface area contributed by atoms with Crippen LogP contribution in [0, 0.1) is 17.5 Å². The van der Waals surface area contributed by atoms with Crippen LogP contribution >= 0.6 is 0 Å². The molecule has 0 aliphatic carbocycles. The lowest BCUT2D eigenvalue weighted by Crippen LogP contribution is -2.25. The van der Waals surface area contributed by atoms with E-state index in [9.17, 15) is 22.4 Å². The van der Waals surface area contributed by atoms with Crippen LogP contribution in [0.3, 0.4) is 0 Å². The van der Waals surface area contributed by atoms with Gasteiger partial charge in [0, 0.05) is 12.1 Å². The Labute approximate surface area is 106 Å². The lowest BCUT2D eigenvalue weighted by Gasteiger charge is -2.08. The molecule has 1 aromatic rings. The number of allylic oxidation sites excluding steroid dienone is 3. The highest BCUT2D eigenvalue weighted by molar-refractivity contribution is 5.96. The number of nitrogens with one attached hydrogen (secondary N) is 1. The summed E-state index contributed by atoms with van der Waals surface area (Å²) in [7, 11) is 0. The van der Waals surface area contributed by atoms with Crippen LogP contribution in [0.4, 0.5) is 17.6 Å². The Morgan fingerprint density at radius 3 is 2.16 bits per heavy atom. The number of amides is 1. The Morgan fingerprint density at radius 1 is 1.21 bits per heavy atom. The van der Waals surface area contributed by atoms with Gasteiger partial charge in [-0.1, -0.05) is 19.2 Å². The largest absolute Gasteiger partial charge is 0.319 e. The third kappa shape index (κ3) is 3.54. The van der Waals surface area contributed by atoms with Gasteiger partial charge in [-0.05, 0) is 6.08 Å². The van der Waals surface area contributed by atoms with Gasteiger partial charge in [-0.3, -0.25) is 4.79 Å². The third-order valence-electron chi connectivity index (χ3n) is 2.06. The van der Waals surface area contributed by atoms with Crippen molar-refractivity contribution in [2.75, 3.05) is 0 Å². The Morgan fingerprint density at radius 2 is 1.74 bits per heavy atom. The van der Waals surface area contributed by atoms with Gasteiger partial charge in [0.1, 0.15) is 28.8 Å². The van der Waals surface area contributed by atoms with Crippen molar-refractivity contribution in [1.29, 1.82) is 0 Å². The minimum absolute atomic E-state index is 0.346. The molecule has 1 amide bonds. The Hall–Kier alpha value is -2.37. The summed E-state index contributed by atoms with van der Waals surface area (Å²) in [5.41, 5.74) is -1.42. The average molecular weight is 271 g/mol. The highest BCUT2D eigenvalue weighted by atomic mass is 19.1. The lowest BCUT2D eigenvalue weighted by molar-refractivity contribution is 0.0957. The predicted molar refractivity (Wildman–Crippen MR) is 62.3 cm³/mol. The molecule has 0 saturated heterocycles. The Kier molecular flexibility index (Phi) is 4.63. The van der Waals surface area contributed by atoms with Gasteiger partial charge in [-0.2, -0.15) is 0 Å². The van der Waals surface area contributed by atoms with E-state index in [-0.39, 0.29) is 0 Å². The first-order valence-corrected chi connectivity index (χ1v) is 5.00. The highest BCUT2D eigenvalue weighted by Gasteiger charge is 2.20. The monoisotopic (exact) mass is 271 g/mol. The zero-order valence-electron chi connectivity index (χ0n) is 9.64. The second-order valence-electron chi connectivity index (χ2n) is 3.42. The van der Waals surface area contributed by atoms with Crippen LogP contribution in [0.1, 0.15) is 10.4 Å². The van der Waals surface area contributed by atoms with Crippen molar-refractivity contribution < 1.29 is 22.4 Å². The number of rotatable bonds is 4. The number of carbonyl (C=O) groups is 1. The first-order chi connectivity index (χ1) is 8.86. The molecule has 0 saturated carbocycles. The number of halogens is 4. The molecule has 0 unspecified atom stereocenters. The minimum Gasteiger partial charge on any atom is -0.319 e. The fraction of sp³-hybridized carbons (Fsp3) is 0. The van der Waals surface area contributed by atoms with Crippen LogP contribution in [-0.2, 0) is 0 Å². The van der Waals surface area contributed by atoms with Gasteiger partial charge in [-0.15, -0.1) is 0 Å². The first kappa shape index (κ1) is 14.7. The van der Waals surface area contributed by atoms with Crippen molar-refractivity contribution in [3.8, 4) is 0 Å². The lowest BCUT2D eigenvalue weighted by atomic mass is 10.1. The van der Waals surface area contributed by atoms with Crippen molar-refractivity contribution in [1.82, 2.24) is 5.32 Å². The van der Waals surface area contributed by atoms with Crippen LogP contribution in [0.25, 0.3) is 0 Å². The molecule has 0 atom stereocenters. The molecule has 0 heterocycles. The van der Waals surface area contributed by atoms with Gasteiger partial charge in [0.2, 0.25) is 0 Å². The van der Waals surface area contributed by atoms with Gasteiger partial charge in [0.25, 0.3) is 5.91 Å². The zero-order valence-corrected chi connectivity index (χ0v) is 9.64. The molecule has 1 rings (SSSR count). The van der Waals surface area contributed by atoms with Crippen LogP contribution in [0.5, 0.6) is 0 Å². The standard InChI is InChI=1S/C13H9F4NO/c1-3-4-11(7(2)14)18-13(19)12-9(16)5-8(15)6-10(12)17/h3-6H,1-2H2,(H,18,19). The van der Waals surface area contributed by atoms with Gasteiger partial charge in [0.15, 0.2) is 0 Å². The van der Waals surface area contributed by atoms with Gasteiger partial charge in [0.05, 0.1) is 5.70 Å². The summed E-state index contributed by atoms with van der Waals surface area (Å²) in [6.07, 6.45) is 2.21. The smallest absolute Gasteiger partial charge is 0.261 e. The third-order valence-corrected chi connectivity index (χ3v) is 2.06. The number of carbonyl (C=O) groups excluding carboxylic acids is 1. The fourth-order valence-electron chi connectivity index (χ4n) is 1.26. The highest BCUT2D eigenvalue weighted by Crippen LogP contribution is 2.16. The van der Waals surface area contributed by atoms with Crippen molar-refractivity contribution in [3.05, 3.63) is 72.0 Å². The molecule has 0 aromatic heterocycles. The molecule has 0 fully saturated rings. The molecule has 2 nitrogen and oxygen atoms in total. The summed E-state index contributed by atoms with van der Waals surface area (Å²) in [5, 5.41) is 1.91. The summed E-state index contributed by atoms with van der Waals surface area (Å²) in [6, 6.07) is 0.693. The summed E-state index contributed by atoms with van der Waals surface area (Å²) in [4.78, 5) is 11.6. The summed E-state index contributed by atoms with van der Waals surface area (Å²) in [5.74, 6) is -6.23. The molecule has 0 spiro atoms. The van der Waals surface area contributed by atoms with E-state index < -0.39 is 40.4 Å². The second-order valence-corrected chi connectivity index (χ2v) is 3.42. The number of hydrogen-bond acceptors (Lipinski definition) is 1. The molecule has 1 N–H and O–H groups in total. The fourth-order valence-corrected chi connectivity index (χ4v) is 1.26. The van der Waals surface area contributed by atoms with E-state index in [2.05, 4.69) is 13.2 Å². The normalized spacial score (nSPS) is 11.1. The zero-order chi connectivity index (χ0) is 14.6. The van der Waals surface area contributed by atoms with Crippen LogP contribution in [0.2, 0.25) is 0 Å². The summed E-state index contributed by atoms with van der Waals surface area (Å²) >= 11 is 0. The molecule has 19 heavy (non-hydrogen) atoms. The van der Waals surface area contributed by atoms with Crippen molar-refractivity contribution >= 4 is 5.91 Å². The second kappa shape index (κ2) is 5.99. The van der Waals surface area contributed by atoms with Crippen LogP contribution in [-0.4, -0.2) is 5.91 Å². The SMILES string of the molecule is C=CC=C(NC(=O)c1c(F)cc(F)cc1F)C(=C)F. The number of benzene rings is 1. The average Bonchev–Trinajstić information content (AvgIpc) is 2.26. The molecule has 100 valence electrons. The van der Waals surface area contributed by atoms with Crippen LogP contribution < -0.4 is 5.32 Å². The molecular weight excluding hydrogens is 262 g/mol. The maximum absolute atomic E-state index is 13.3. The Bertz CT molecular complexity index is 555. The number of hydrogen-bond donors (Lipinski definition) is 1. The van der Waals surface area contributed by atoms with E-state index in [4.69, 9.17) is 0 Å². The quantitative estimate of drug-likeness (QED) is 0.660. The van der Waals surface area contributed by atoms with Crippen molar-refractivity contribution in [3.63, 3.8) is 0 Å². The van der Waals surface area contributed by atoms with E-state index in [1.807, 2.05) is 5.32 Å². The maximum Gasteiger partial charge on any atom is 0.261 e. The van der Waals surface area contributed by atoms with Gasteiger partial charge < -0.3 is 5.32 Å². The van der Waals surface area contributed by atoms with E-state index in [1.54, 1.807) is 0 Å². The molecular formula is C13H9F4NO. The predicted octanol–water partition coefficient (Wildman–Crippen LogP) is 3.39. The Balaban J connectivity index is 3.12. The van der Waals surface area contributed by atoms with Crippen molar-refractivity contribution in [2.24, 2.45) is 0 Å². The molecule has 6 heteroatoms. The first-order valence-electron chi connectivity index (χ1n) is 5.00. The topological polar surface area (TPSA) is 29.1 Å². The van der Waals surface area contributed by atoms with Gasteiger partial charge >= 0.3 is 0 Å². The molecule has 0 radical (unpaired) electrons. The van der Waals surface area contributed by atoms with Crippen molar-refractivity contribution in [2.45, 2.75) is 0 Å². The molecule has 1 aromatic carbocycles. The van der Waals surface area contributed by atoms with Gasteiger partial charge in [-0.25, -0.2) is 17.6 Å². The van der Waals surface area contributed by atoms with E-state index in [0.717, 1.165) is 12.2 Å². The van der Waals surface area contributed by atoms with E-state index in [0.29, 0.717) is 12.1 Å². The molecule has 0 bridgehead atoms. The maximum atomic E-state index is 13.3. The molecule has 0 aliphatic rings. The summed E-state index contributed by atoms with van der Waals surface area (Å²) in [6.45, 7) is 6.21. The van der Waals surface area contributed by atoms with E-state index >= 15 is 0 Å². The van der Waals surface area contributed by atoms with Crippen LogP contribution in [0.15, 0.2) is 49.0 Å². The molecule has 0 aliphatic heterocycles. The summed E-state index contributed by atoms with van der Waals surface area (Å²) < 4.78 is 52.2.